The van der Waals surface area contributed by atoms with Crippen molar-refractivity contribution < 1.29 is 18.8 Å². The molecule has 8 heteroatoms. The van der Waals surface area contributed by atoms with Crippen LogP contribution in [0.1, 0.15) is 30.0 Å². The van der Waals surface area contributed by atoms with Crippen molar-refractivity contribution >= 4 is 17.3 Å². The van der Waals surface area contributed by atoms with E-state index in [0.717, 1.165) is 22.4 Å². The first-order valence-electron chi connectivity index (χ1n) is 11.5. The Morgan fingerprint density at radius 3 is 2.22 bits per heavy atom. The zero-order chi connectivity index (χ0) is 25.2. The summed E-state index contributed by atoms with van der Waals surface area (Å²) in [5.41, 5.74) is 4.90. The highest BCUT2D eigenvalue weighted by Gasteiger charge is 2.36. The smallest absolute Gasteiger partial charge is 0.326 e. The molecule has 0 aliphatic carbocycles. The van der Waals surface area contributed by atoms with Crippen molar-refractivity contribution in [2.24, 2.45) is 0 Å². The number of allylic oxidation sites excluding steroid dienone is 1. The molecule has 0 fully saturated rings. The molecule has 4 aromatic rings. The van der Waals surface area contributed by atoms with Crippen LogP contribution in [0.25, 0.3) is 17.0 Å². The lowest BCUT2D eigenvalue weighted by Gasteiger charge is -2.35. The molecule has 0 saturated carbocycles. The summed E-state index contributed by atoms with van der Waals surface area (Å²) in [5.74, 6) is 2.25. The number of hydrogen-bond donors (Lipinski definition) is 1. The topological polar surface area (TPSA) is 89.7 Å². The van der Waals surface area contributed by atoms with E-state index in [9.17, 15) is 4.79 Å². The molecule has 1 aliphatic heterocycles. The first-order valence-corrected chi connectivity index (χ1v) is 11.5. The number of methoxy groups -OCH3 is 2. The summed E-state index contributed by atoms with van der Waals surface area (Å²) >= 11 is 0. The van der Waals surface area contributed by atoms with Crippen LogP contribution in [-0.2, 0) is 0 Å². The molecule has 0 saturated heterocycles. The number of anilines is 1. The van der Waals surface area contributed by atoms with Gasteiger partial charge in [0.15, 0.2) is 0 Å². The number of aromatic nitrogens is 2. The van der Waals surface area contributed by atoms with E-state index >= 15 is 0 Å². The Labute approximate surface area is 209 Å². The van der Waals surface area contributed by atoms with Gasteiger partial charge in [-0.05, 0) is 61.9 Å². The second kappa shape index (κ2) is 9.58. The minimum atomic E-state index is -0.497. The number of rotatable bonds is 6. The highest BCUT2D eigenvalue weighted by Crippen LogP contribution is 2.39. The third-order valence-corrected chi connectivity index (χ3v) is 6.20. The van der Waals surface area contributed by atoms with Gasteiger partial charge in [-0.15, -0.1) is 0 Å². The highest BCUT2D eigenvalue weighted by molar-refractivity contribution is 6.01. The van der Waals surface area contributed by atoms with Gasteiger partial charge in [0.05, 0.1) is 31.5 Å². The standard InChI is InChI=1S/C28H26N4O4/c1-17-6-5-7-20(16-17)26-30-27(36-31-26)24-18(2)32(21-10-14-23(35-4)15-11-21)28(33)29-25(24)19-8-12-22(34-3)13-9-19/h5-16,25H,1-4H3,(H,29,33). The van der Waals surface area contributed by atoms with E-state index in [1.54, 1.807) is 19.1 Å². The van der Waals surface area contributed by atoms with Gasteiger partial charge in [-0.3, -0.25) is 4.90 Å². The number of urea groups is 1. The van der Waals surface area contributed by atoms with E-state index in [1.807, 2.05) is 86.6 Å². The number of aryl methyl sites for hydroxylation is 1. The van der Waals surface area contributed by atoms with E-state index in [4.69, 9.17) is 19.0 Å². The van der Waals surface area contributed by atoms with E-state index in [0.29, 0.717) is 34.4 Å². The maximum absolute atomic E-state index is 13.4. The number of carbonyl (C=O) groups excluding carboxylic acids is 1. The van der Waals surface area contributed by atoms with Crippen LogP contribution in [0, 0.1) is 6.92 Å². The van der Waals surface area contributed by atoms with Crippen LogP contribution in [-0.4, -0.2) is 30.4 Å². The van der Waals surface area contributed by atoms with Gasteiger partial charge in [-0.1, -0.05) is 41.1 Å². The molecule has 1 N–H and O–H groups in total. The van der Waals surface area contributed by atoms with E-state index < -0.39 is 6.04 Å². The zero-order valence-electron chi connectivity index (χ0n) is 20.5. The van der Waals surface area contributed by atoms with Crippen LogP contribution in [0.4, 0.5) is 10.5 Å². The third kappa shape index (κ3) is 4.29. The molecule has 1 unspecified atom stereocenters. The Kier molecular flexibility index (Phi) is 6.16. The predicted octanol–water partition coefficient (Wildman–Crippen LogP) is 5.76. The Morgan fingerprint density at radius 1 is 0.917 bits per heavy atom. The van der Waals surface area contributed by atoms with Crippen LogP contribution in [0.15, 0.2) is 83.0 Å². The van der Waals surface area contributed by atoms with Gasteiger partial charge >= 0.3 is 6.03 Å². The van der Waals surface area contributed by atoms with Crippen molar-refractivity contribution in [1.29, 1.82) is 0 Å². The molecule has 8 nitrogen and oxygen atoms in total. The minimum absolute atomic E-state index is 0.263. The van der Waals surface area contributed by atoms with Gasteiger partial charge in [0.2, 0.25) is 5.82 Å². The second-order valence-corrected chi connectivity index (χ2v) is 8.48. The summed E-state index contributed by atoms with van der Waals surface area (Å²) in [6.07, 6.45) is 0. The molecule has 0 bridgehead atoms. The first kappa shape index (κ1) is 23.2. The fourth-order valence-corrected chi connectivity index (χ4v) is 4.34. The van der Waals surface area contributed by atoms with Gasteiger partial charge in [0, 0.05) is 11.3 Å². The maximum Gasteiger partial charge on any atom is 0.326 e. The second-order valence-electron chi connectivity index (χ2n) is 8.48. The zero-order valence-corrected chi connectivity index (χ0v) is 20.5. The Bertz CT molecular complexity index is 1420. The van der Waals surface area contributed by atoms with E-state index in [-0.39, 0.29) is 6.03 Å². The Hall–Kier alpha value is -4.59. The predicted molar refractivity (Wildman–Crippen MR) is 137 cm³/mol. The van der Waals surface area contributed by atoms with Crippen molar-refractivity contribution in [2.45, 2.75) is 19.9 Å². The van der Waals surface area contributed by atoms with Crippen LogP contribution < -0.4 is 19.7 Å². The molecule has 5 rings (SSSR count). The van der Waals surface area contributed by atoms with Gasteiger partial charge in [0.25, 0.3) is 5.89 Å². The van der Waals surface area contributed by atoms with Gasteiger partial charge in [-0.25, -0.2) is 4.79 Å². The van der Waals surface area contributed by atoms with Crippen molar-refractivity contribution in [1.82, 2.24) is 15.5 Å². The van der Waals surface area contributed by atoms with Crippen molar-refractivity contribution in [3.63, 3.8) is 0 Å². The Morgan fingerprint density at radius 2 is 1.58 bits per heavy atom. The summed E-state index contributed by atoms with van der Waals surface area (Å²) in [7, 11) is 3.22. The SMILES string of the molecule is COc1ccc(C2NC(=O)N(c3ccc(OC)cc3)C(C)=C2c2nc(-c3cccc(C)c3)no2)cc1. The lowest BCUT2D eigenvalue weighted by Crippen LogP contribution is -2.46. The molecule has 2 heterocycles. The average Bonchev–Trinajstić information content (AvgIpc) is 3.39. The molecule has 3 aromatic carbocycles. The van der Waals surface area contributed by atoms with Crippen molar-refractivity contribution in [3.05, 3.63) is 95.5 Å². The number of hydrogen-bond acceptors (Lipinski definition) is 6. The number of amides is 2. The van der Waals surface area contributed by atoms with Crippen LogP contribution in [0.3, 0.4) is 0 Å². The molecule has 0 spiro atoms. The average molecular weight is 483 g/mol. The molecule has 36 heavy (non-hydrogen) atoms. The van der Waals surface area contributed by atoms with Crippen LogP contribution in [0.5, 0.6) is 11.5 Å². The van der Waals surface area contributed by atoms with Gasteiger partial charge in [0.1, 0.15) is 11.5 Å². The fraction of sp³-hybridized carbons (Fsp3) is 0.179. The summed E-state index contributed by atoms with van der Waals surface area (Å²) in [5, 5.41) is 7.36. The molecule has 182 valence electrons. The number of nitrogens with one attached hydrogen (secondary N) is 1. The maximum atomic E-state index is 13.4. The molecular formula is C28H26N4O4. The largest absolute Gasteiger partial charge is 0.497 e. The minimum Gasteiger partial charge on any atom is -0.497 e. The molecule has 0 radical (unpaired) electrons. The molecule has 1 aliphatic rings. The molecule has 2 amide bonds. The number of nitrogens with zero attached hydrogens (tertiary/aromatic N) is 3. The van der Waals surface area contributed by atoms with Gasteiger partial charge < -0.3 is 19.3 Å². The number of ether oxygens (including phenoxy) is 2. The summed E-state index contributed by atoms with van der Waals surface area (Å²) in [6.45, 7) is 3.89. The summed E-state index contributed by atoms with van der Waals surface area (Å²) in [4.78, 5) is 19.7. The molecular weight excluding hydrogens is 456 g/mol. The highest BCUT2D eigenvalue weighted by atomic mass is 16.5. The summed E-state index contributed by atoms with van der Waals surface area (Å²) in [6, 6.07) is 22.0. The van der Waals surface area contributed by atoms with Gasteiger partial charge in [-0.2, -0.15) is 4.98 Å². The van der Waals surface area contributed by atoms with Crippen LogP contribution in [0.2, 0.25) is 0 Å². The Balaban J connectivity index is 1.63. The third-order valence-electron chi connectivity index (χ3n) is 6.20. The lowest BCUT2D eigenvalue weighted by atomic mass is 9.94. The van der Waals surface area contributed by atoms with E-state index in [1.165, 1.54) is 0 Å². The van der Waals surface area contributed by atoms with E-state index in [2.05, 4.69) is 10.5 Å². The molecule has 1 aromatic heterocycles. The molecule has 1 atom stereocenters. The number of benzene rings is 3. The lowest BCUT2D eigenvalue weighted by molar-refractivity contribution is 0.244. The van der Waals surface area contributed by atoms with Crippen molar-refractivity contribution in [2.75, 3.05) is 19.1 Å². The summed E-state index contributed by atoms with van der Waals surface area (Å²) < 4.78 is 16.4. The normalized spacial score (nSPS) is 15.6. The monoisotopic (exact) mass is 482 g/mol. The van der Waals surface area contributed by atoms with Crippen molar-refractivity contribution in [3.8, 4) is 22.9 Å². The fourth-order valence-electron chi connectivity index (χ4n) is 4.34. The number of carbonyl (C=O) groups is 1. The van der Waals surface area contributed by atoms with Crippen LogP contribution >= 0.6 is 0 Å². The first-order chi connectivity index (χ1) is 17.5. The quantitative estimate of drug-likeness (QED) is 0.376.